The van der Waals surface area contributed by atoms with Crippen LogP contribution in [0.1, 0.15) is 36.1 Å². The third-order valence-corrected chi connectivity index (χ3v) is 3.11. The Morgan fingerprint density at radius 2 is 2.32 bits per heavy atom. The normalized spacial score (nSPS) is 10.7. The largest absolute Gasteiger partial charge is 0.345 e. The number of carbonyl (C=O) groups is 1. The van der Waals surface area contributed by atoms with Crippen LogP contribution in [0, 0.1) is 0 Å². The molecule has 0 atom stereocenters. The highest BCUT2D eigenvalue weighted by Gasteiger charge is 2.14. The lowest BCUT2D eigenvalue weighted by molar-refractivity contribution is 0.0939. The molecule has 2 rings (SSSR count). The smallest absolute Gasteiger partial charge is 0.268 e. The molecule has 1 N–H and O–H groups in total. The molecular weight excluding hydrogens is 308 g/mol. The van der Waals surface area contributed by atoms with Crippen LogP contribution in [0.3, 0.4) is 0 Å². The van der Waals surface area contributed by atoms with E-state index in [1.165, 1.54) is 6.33 Å². The van der Waals surface area contributed by atoms with E-state index in [2.05, 4.69) is 31.2 Å². The predicted octanol–water partition coefficient (Wildman–Crippen LogP) is 2.55. The first-order valence-corrected chi connectivity index (χ1v) is 6.77. The van der Waals surface area contributed by atoms with Crippen molar-refractivity contribution >= 4 is 21.8 Å². The Morgan fingerprint density at radius 1 is 1.53 bits per heavy atom. The topological polar surface area (TPSA) is 59.8 Å². The summed E-state index contributed by atoms with van der Waals surface area (Å²) >= 11 is 3.39. The van der Waals surface area contributed by atoms with Gasteiger partial charge in [0.05, 0.1) is 12.2 Å². The van der Waals surface area contributed by atoms with Gasteiger partial charge in [-0.3, -0.25) is 4.79 Å². The SMILES string of the molecule is CC(C)n1cc(Br)cc1C(=O)NCc1ccncn1. The van der Waals surface area contributed by atoms with Crippen LogP contribution in [0.4, 0.5) is 0 Å². The van der Waals surface area contributed by atoms with E-state index in [1.807, 2.05) is 30.7 Å². The Hall–Kier alpha value is -1.69. The molecule has 100 valence electrons. The average molecular weight is 323 g/mol. The minimum Gasteiger partial charge on any atom is -0.345 e. The molecule has 0 fully saturated rings. The van der Waals surface area contributed by atoms with Gasteiger partial charge in [0.15, 0.2) is 0 Å². The fraction of sp³-hybridized carbons (Fsp3) is 0.308. The summed E-state index contributed by atoms with van der Waals surface area (Å²) in [5.74, 6) is -0.113. The van der Waals surface area contributed by atoms with Gasteiger partial charge in [-0.05, 0) is 41.9 Å². The van der Waals surface area contributed by atoms with Gasteiger partial charge in [-0.1, -0.05) is 0 Å². The van der Waals surface area contributed by atoms with Gasteiger partial charge in [-0.2, -0.15) is 0 Å². The Morgan fingerprint density at radius 3 is 2.95 bits per heavy atom. The number of rotatable bonds is 4. The number of halogens is 1. The van der Waals surface area contributed by atoms with Gasteiger partial charge in [0.2, 0.25) is 0 Å². The third kappa shape index (κ3) is 3.41. The van der Waals surface area contributed by atoms with Crippen molar-refractivity contribution in [3.63, 3.8) is 0 Å². The zero-order chi connectivity index (χ0) is 13.8. The highest BCUT2D eigenvalue weighted by atomic mass is 79.9. The van der Waals surface area contributed by atoms with Gasteiger partial charge < -0.3 is 9.88 Å². The zero-order valence-electron chi connectivity index (χ0n) is 10.8. The summed E-state index contributed by atoms with van der Waals surface area (Å²) in [5.41, 5.74) is 1.42. The van der Waals surface area contributed by atoms with E-state index in [-0.39, 0.29) is 11.9 Å². The Labute approximate surface area is 120 Å². The van der Waals surface area contributed by atoms with Crippen LogP contribution in [0.5, 0.6) is 0 Å². The lowest BCUT2D eigenvalue weighted by atomic mass is 10.3. The van der Waals surface area contributed by atoms with Gasteiger partial charge in [-0.25, -0.2) is 9.97 Å². The van der Waals surface area contributed by atoms with Gasteiger partial charge in [0.1, 0.15) is 12.0 Å². The van der Waals surface area contributed by atoms with Crippen molar-refractivity contribution in [3.05, 3.63) is 46.7 Å². The van der Waals surface area contributed by atoms with E-state index < -0.39 is 0 Å². The standard InChI is InChI=1S/C13H15BrN4O/c1-9(2)18-7-10(14)5-12(18)13(19)16-6-11-3-4-15-8-17-11/h3-5,7-9H,6H2,1-2H3,(H,16,19). The second-order valence-electron chi connectivity index (χ2n) is 4.43. The molecule has 0 aliphatic rings. The second kappa shape index (κ2) is 5.97. The molecule has 2 aromatic rings. The lowest BCUT2D eigenvalue weighted by Gasteiger charge is -2.12. The Kier molecular flexibility index (Phi) is 4.31. The maximum Gasteiger partial charge on any atom is 0.268 e. The summed E-state index contributed by atoms with van der Waals surface area (Å²) < 4.78 is 2.83. The maximum atomic E-state index is 12.2. The molecule has 0 aromatic carbocycles. The molecule has 0 saturated heterocycles. The van der Waals surface area contributed by atoms with E-state index in [0.717, 1.165) is 10.2 Å². The van der Waals surface area contributed by atoms with Crippen molar-refractivity contribution in [3.8, 4) is 0 Å². The van der Waals surface area contributed by atoms with Crippen molar-refractivity contribution in [1.29, 1.82) is 0 Å². The van der Waals surface area contributed by atoms with Crippen molar-refractivity contribution < 1.29 is 4.79 Å². The van der Waals surface area contributed by atoms with Crippen molar-refractivity contribution in [2.75, 3.05) is 0 Å². The molecule has 0 radical (unpaired) electrons. The number of amides is 1. The van der Waals surface area contributed by atoms with E-state index in [4.69, 9.17) is 0 Å². The number of carbonyl (C=O) groups excluding carboxylic acids is 1. The quantitative estimate of drug-likeness (QED) is 0.941. The minimum atomic E-state index is -0.113. The number of aromatic nitrogens is 3. The van der Waals surface area contributed by atoms with E-state index in [0.29, 0.717) is 12.2 Å². The number of hydrogen-bond acceptors (Lipinski definition) is 3. The van der Waals surface area contributed by atoms with Gasteiger partial charge in [0.25, 0.3) is 5.91 Å². The fourth-order valence-corrected chi connectivity index (χ4v) is 2.18. The molecule has 0 bridgehead atoms. The predicted molar refractivity (Wildman–Crippen MR) is 75.7 cm³/mol. The molecule has 0 spiro atoms. The van der Waals surface area contributed by atoms with Crippen molar-refractivity contribution in [2.45, 2.75) is 26.4 Å². The number of nitrogens with one attached hydrogen (secondary N) is 1. The van der Waals surface area contributed by atoms with Crippen LogP contribution < -0.4 is 5.32 Å². The summed E-state index contributed by atoms with van der Waals surface area (Å²) in [6, 6.07) is 3.82. The first-order valence-electron chi connectivity index (χ1n) is 5.98. The molecule has 2 heterocycles. The molecule has 0 unspecified atom stereocenters. The highest BCUT2D eigenvalue weighted by Crippen LogP contribution is 2.19. The molecule has 5 nitrogen and oxygen atoms in total. The van der Waals surface area contributed by atoms with Crippen molar-refractivity contribution in [2.24, 2.45) is 0 Å². The Bertz CT molecular complexity index is 565. The molecule has 19 heavy (non-hydrogen) atoms. The second-order valence-corrected chi connectivity index (χ2v) is 5.34. The van der Waals surface area contributed by atoms with Crippen LogP contribution in [0.2, 0.25) is 0 Å². The zero-order valence-corrected chi connectivity index (χ0v) is 12.4. The Balaban J connectivity index is 2.08. The number of hydrogen-bond donors (Lipinski definition) is 1. The van der Waals surface area contributed by atoms with E-state index >= 15 is 0 Å². The van der Waals surface area contributed by atoms with E-state index in [9.17, 15) is 4.79 Å². The summed E-state index contributed by atoms with van der Waals surface area (Å²) in [4.78, 5) is 20.1. The molecule has 6 heteroatoms. The minimum absolute atomic E-state index is 0.113. The number of nitrogens with zero attached hydrogens (tertiary/aromatic N) is 3. The first-order chi connectivity index (χ1) is 9.08. The van der Waals surface area contributed by atoms with Crippen LogP contribution in [-0.2, 0) is 6.54 Å². The lowest BCUT2D eigenvalue weighted by Crippen LogP contribution is -2.26. The summed E-state index contributed by atoms with van der Waals surface area (Å²) in [6.07, 6.45) is 5.03. The van der Waals surface area contributed by atoms with Crippen molar-refractivity contribution in [1.82, 2.24) is 19.9 Å². The summed E-state index contributed by atoms with van der Waals surface area (Å²) in [6.45, 7) is 4.46. The molecule has 2 aromatic heterocycles. The van der Waals surface area contributed by atoms with E-state index in [1.54, 1.807) is 12.3 Å². The third-order valence-electron chi connectivity index (χ3n) is 2.68. The van der Waals surface area contributed by atoms with Crippen LogP contribution in [-0.4, -0.2) is 20.4 Å². The van der Waals surface area contributed by atoms with Crippen LogP contribution in [0.25, 0.3) is 0 Å². The molecule has 1 amide bonds. The molecule has 0 aliphatic heterocycles. The van der Waals surface area contributed by atoms with Gasteiger partial charge in [-0.15, -0.1) is 0 Å². The maximum absolute atomic E-state index is 12.2. The van der Waals surface area contributed by atoms with Crippen LogP contribution >= 0.6 is 15.9 Å². The monoisotopic (exact) mass is 322 g/mol. The molecule has 0 saturated carbocycles. The van der Waals surface area contributed by atoms with Crippen LogP contribution in [0.15, 0.2) is 35.3 Å². The first kappa shape index (κ1) is 13.7. The summed E-state index contributed by atoms with van der Waals surface area (Å²) in [5, 5.41) is 2.85. The fourth-order valence-electron chi connectivity index (χ4n) is 1.74. The highest BCUT2D eigenvalue weighted by molar-refractivity contribution is 9.10. The average Bonchev–Trinajstić information content (AvgIpc) is 2.79. The summed E-state index contributed by atoms with van der Waals surface area (Å²) in [7, 11) is 0. The molecular formula is C13H15BrN4O. The van der Waals surface area contributed by atoms with Gasteiger partial charge >= 0.3 is 0 Å². The van der Waals surface area contributed by atoms with Gasteiger partial charge in [0, 0.05) is 22.9 Å². The molecule has 0 aliphatic carbocycles.